The molecule has 0 fully saturated rings. The summed E-state index contributed by atoms with van der Waals surface area (Å²) in [6.45, 7) is 7.42. The van der Waals surface area contributed by atoms with Gasteiger partial charge in [-0.3, -0.25) is 4.79 Å². The molecule has 4 nitrogen and oxygen atoms in total. The number of ether oxygens (including phenoxy) is 3. The maximum atomic E-state index is 9.59. The molecule has 0 aromatic rings. The summed E-state index contributed by atoms with van der Waals surface area (Å²) in [6.07, 6.45) is 0. The average molecular weight is 208 g/mol. The molecule has 0 rings (SSSR count). The lowest BCUT2D eigenvalue weighted by molar-refractivity contribution is -0.137. The van der Waals surface area contributed by atoms with E-state index < -0.39 is 0 Å². The molecule has 0 aromatic heterocycles. The number of carbonyl (C=O) groups excluding carboxylic acids is 1. The molecule has 0 heterocycles. The number of hydrogen-bond donors (Lipinski definition) is 0. The monoisotopic (exact) mass is 208 g/mol. The summed E-state index contributed by atoms with van der Waals surface area (Å²) in [5.41, 5.74) is 0.0417. The van der Waals surface area contributed by atoms with Crippen molar-refractivity contribution in [2.45, 2.75) is 33.3 Å². The number of methoxy groups -OCH3 is 3. The van der Waals surface area contributed by atoms with E-state index in [1.807, 2.05) is 20.8 Å². The first kappa shape index (κ1) is 19.0. The number of rotatable bonds is 0. The zero-order valence-corrected chi connectivity index (χ0v) is 10.6. The van der Waals surface area contributed by atoms with Gasteiger partial charge in [-0.25, -0.2) is 0 Å². The smallest absolute Gasteiger partial charge is 0.302 e. The van der Waals surface area contributed by atoms with Gasteiger partial charge in [-0.2, -0.15) is 0 Å². The van der Waals surface area contributed by atoms with E-state index >= 15 is 0 Å². The minimum absolute atomic E-state index is 0.0417. The Kier molecular flexibility index (Phi) is 16.9. The first-order chi connectivity index (χ1) is 6.24. The predicted octanol–water partition coefficient (Wildman–Crippen LogP) is 1.87. The molecular weight excluding hydrogens is 184 g/mol. The Morgan fingerprint density at radius 1 is 1.00 bits per heavy atom. The summed E-state index contributed by atoms with van der Waals surface area (Å²) in [7, 11) is 6.31. The van der Waals surface area contributed by atoms with Crippen LogP contribution in [0.1, 0.15) is 27.7 Å². The Morgan fingerprint density at radius 3 is 1.14 bits per heavy atom. The maximum absolute atomic E-state index is 9.59. The SMILES string of the molecule is COC.COC(C)(C)C.COC(C)=O. The summed E-state index contributed by atoms with van der Waals surface area (Å²) < 4.78 is 13.3. The zero-order valence-electron chi connectivity index (χ0n) is 10.6. The van der Waals surface area contributed by atoms with Crippen LogP contribution < -0.4 is 0 Å². The topological polar surface area (TPSA) is 44.8 Å². The molecule has 0 radical (unpaired) electrons. The fraction of sp³-hybridized carbons (Fsp3) is 0.900. The highest BCUT2D eigenvalue weighted by molar-refractivity contribution is 5.65. The molecule has 0 amide bonds. The normalized spacial score (nSPS) is 8.86. The number of esters is 1. The van der Waals surface area contributed by atoms with E-state index in [4.69, 9.17) is 4.74 Å². The predicted molar refractivity (Wildman–Crippen MR) is 57.4 cm³/mol. The molecule has 0 spiro atoms. The van der Waals surface area contributed by atoms with Crippen molar-refractivity contribution >= 4 is 5.97 Å². The van der Waals surface area contributed by atoms with Crippen LogP contribution >= 0.6 is 0 Å². The Morgan fingerprint density at radius 2 is 1.14 bits per heavy atom. The average Bonchev–Trinajstić information content (AvgIpc) is 2.06. The van der Waals surface area contributed by atoms with E-state index in [2.05, 4.69) is 9.47 Å². The van der Waals surface area contributed by atoms with Crippen LogP contribution in [0.3, 0.4) is 0 Å². The molecule has 88 valence electrons. The Bertz CT molecular complexity index is 116. The molecule has 0 aliphatic carbocycles. The van der Waals surface area contributed by atoms with Gasteiger partial charge in [-0.05, 0) is 20.8 Å². The molecule has 0 aliphatic heterocycles. The summed E-state index contributed by atoms with van der Waals surface area (Å²) in [4.78, 5) is 9.59. The van der Waals surface area contributed by atoms with Gasteiger partial charge in [0.25, 0.3) is 0 Å². The second-order valence-electron chi connectivity index (χ2n) is 3.42. The van der Waals surface area contributed by atoms with Gasteiger partial charge in [-0.1, -0.05) is 0 Å². The minimum Gasteiger partial charge on any atom is -0.469 e. The highest BCUT2D eigenvalue weighted by atomic mass is 16.5. The lowest BCUT2D eigenvalue weighted by Gasteiger charge is -2.14. The molecule has 14 heavy (non-hydrogen) atoms. The third kappa shape index (κ3) is 63.8. The molecule has 0 saturated heterocycles. The van der Waals surface area contributed by atoms with Gasteiger partial charge >= 0.3 is 5.97 Å². The molecule has 0 N–H and O–H groups in total. The lowest BCUT2D eigenvalue weighted by Crippen LogP contribution is -2.15. The fourth-order valence-electron chi connectivity index (χ4n) is 0. The largest absolute Gasteiger partial charge is 0.469 e. The quantitative estimate of drug-likeness (QED) is 0.570. The van der Waals surface area contributed by atoms with E-state index in [9.17, 15) is 4.79 Å². The number of carbonyl (C=O) groups is 1. The summed E-state index contributed by atoms with van der Waals surface area (Å²) in [6, 6.07) is 0. The van der Waals surface area contributed by atoms with E-state index in [0.29, 0.717) is 0 Å². The van der Waals surface area contributed by atoms with Gasteiger partial charge in [0, 0.05) is 28.3 Å². The van der Waals surface area contributed by atoms with Crippen molar-refractivity contribution in [2.24, 2.45) is 0 Å². The first-order valence-electron chi connectivity index (χ1n) is 4.25. The van der Waals surface area contributed by atoms with Crippen molar-refractivity contribution < 1.29 is 19.0 Å². The van der Waals surface area contributed by atoms with E-state index in [1.165, 1.54) is 14.0 Å². The van der Waals surface area contributed by atoms with Crippen LogP contribution in [0.4, 0.5) is 0 Å². The second kappa shape index (κ2) is 12.4. The molecule has 0 unspecified atom stereocenters. The van der Waals surface area contributed by atoms with Gasteiger partial charge in [0.15, 0.2) is 0 Å². The van der Waals surface area contributed by atoms with Gasteiger partial charge in [0.2, 0.25) is 0 Å². The van der Waals surface area contributed by atoms with Crippen molar-refractivity contribution in [2.75, 3.05) is 28.4 Å². The second-order valence-corrected chi connectivity index (χ2v) is 3.42. The van der Waals surface area contributed by atoms with Crippen LogP contribution in [0, 0.1) is 0 Å². The van der Waals surface area contributed by atoms with E-state index in [1.54, 1.807) is 21.3 Å². The van der Waals surface area contributed by atoms with Crippen molar-refractivity contribution in [1.29, 1.82) is 0 Å². The highest BCUT2D eigenvalue weighted by Crippen LogP contribution is 2.02. The Hall–Kier alpha value is -0.610. The molecule has 0 atom stereocenters. The van der Waals surface area contributed by atoms with Crippen molar-refractivity contribution in [3.05, 3.63) is 0 Å². The van der Waals surface area contributed by atoms with Gasteiger partial charge in [0.05, 0.1) is 12.7 Å². The Labute approximate surface area is 87.5 Å². The molecule has 4 heteroatoms. The summed E-state index contributed by atoms with van der Waals surface area (Å²) in [5, 5.41) is 0. The zero-order chi connectivity index (χ0) is 12.2. The van der Waals surface area contributed by atoms with Crippen LogP contribution in [-0.2, 0) is 19.0 Å². The molecule has 0 aromatic carbocycles. The summed E-state index contributed by atoms with van der Waals surface area (Å²) >= 11 is 0. The molecule has 0 aliphatic rings. The van der Waals surface area contributed by atoms with Crippen LogP contribution in [0.15, 0.2) is 0 Å². The van der Waals surface area contributed by atoms with Crippen LogP contribution in [0.2, 0.25) is 0 Å². The van der Waals surface area contributed by atoms with Gasteiger partial charge in [-0.15, -0.1) is 0 Å². The summed E-state index contributed by atoms with van der Waals surface area (Å²) in [5.74, 6) is -0.245. The minimum atomic E-state index is -0.245. The molecular formula is C10H24O4. The molecule has 0 bridgehead atoms. The van der Waals surface area contributed by atoms with E-state index in [-0.39, 0.29) is 11.6 Å². The van der Waals surface area contributed by atoms with Crippen molar-refractivity contribution in [1.82, 2.24) is 0 Å². The van der Waals surface area contributed by atoms with Crippen molar-refractivity contribution in [3.8, 4) is 0 Å². The van der Waals surface area contributed by atoms with Gasteiger partial charge < -0.3 is 14.2 Å². The number of hydrogen-bond acceptors (Lipinski definition) is 4. The van der Waals surface area contributed by atoms with Crippen LogP contribution in [0.25, 0.3) is 0 Å². The third-order valence-electron chi connectivity index (χ3n) is 0.900. The van der Waals surface area contributed by atoms with Crippen LogP contribution in [-0.4, -0.2) is 40.0 Å². The lowest BCUT2D eigenvalue weighted by atomic mass is 10.2. The van der Waals surface area contributed by atoms with Crippen LogP contribution in [0.5, 0.6) is 0 Å². The Balaban J connectivity index is -0.000000138. The van der Waals surface area contributed by atoms with Crippen molar-refractivity contribution in [3.63, 3.8) is 0 Å². The third-order valence-corrected chi connectivity index (χ3v) is 0.900. The van der Waals surface area contributed by atoms with Gasteiger partial charge in [0.1, 0.15) is 0 Å². The molecule has 0 saturated carbocycles. The highest BCUT2D eigenvalue weighted by Gasteiger charge is 2.03. The fourth-order valence-corrected chi connectivity index (χ4v) is 0. The first-order valence-corrected chi connectivity index (χ1v) is 4.25. The standard InChI is InChI=1S/C5H12O.C3H6O2.C2H6O/c1-5(2,3)6-4;1-3(4)5-2;1-3-2/h1-4H3;1-2H3;1-2H3. The maximum Gasteiger partial charge on any atom is 0.302 e. The van der Waals surface area contributed by atoms with E-state index in [0.717, 1.165) is 0 Å².